The Labute approximate surface area is 279 Å². The van der Waals surface area contributed by atoms with E-state index in [4.69, 9.17) is 14.6 Å². The third kappa shape index (κ3) is 5.74. The van der Waals surface area contributed by atoms with Gasteiger partial charge in [0.25, 0.3) is 17.7 Å². The van der Waals surface area contributed by atoms with Crippen LogP contribution in [-0.2, 0) is 14.4 Å². The van der Waals surface area contributed by atoms with E-state index in [1.54, 1.807) is 17.1 Å². The molecule has 0 radical (unpaired) electrons. The fraction of sp³-hybridized carbons (Fsp3) is 0.351. The van der Waals surface area contributed by atoms with Crippen molar-refractivity contribution in [3.63, 3.8) is 0 Å². The number of hydrogen-bond acceptors (Lipinski definition) is 9. The van der Waals surface area contributed by atoms with Gasteiger partial charge in [-0.3, -0.25) is 19.4 Å². The van der Waals surface area contributed by atoms with E-state index >= 15 is 0 Å². The molecule has 3 aromatic carbocycles. The molecule has 4 unspecified atom stereocenters. The van der Waals surface area contributed by atoms with Gasteiger partial charge in [-0.05, 0) is 99.2 Å². The minimum Gasteiger partial charge on any atom is -0.494 e. The van der Waals surface area contributed by atoms with E-state index in [0.29, 0.717) is 18.9 Å². The molecule has 11 heteroatoms. The third-order valence-corrected chi connectivity index (χ3v) is 9.27. The van der Waals surface area contributed by atoms with Gasteiger partial charge in [-0.25, -0.2) is 9.91 Å². The number of benzene rings is 3. The van der Waals surface area contributed by atoms with Gasteiger partial charge in [-0.15, -0.1) is 0 Å². The second-order valence-electron chi connectivity index (χ2n) is 12.4. The quantitative estimate of drug-likeness (QED) is 0.267. The van der Waals surface area contributed by atoms with Gasteiger partial charge in [-0.1, -0.05) is 47.2 Å². The standard InChI is InChI=1S/C37H38N6O5/c1-4-47-28-17-11-24(12-18-28)21-26-7-6-8-30-32(26)39-43(34(30)25-13-19-29(20-14-25)48-5-2)31(44)22-41-35-33(38-40-41)36(45)42(37(35)46)27-15-9-23(3)10-16-27/h9-21,30,33-35H,4-8,22H2,1-3H3. The smallest absolute Gasteiger partial charge is 0.264 e. The minimum atomic E-state index is -0.996. The summed E-state index contributed by atoms with van der Waals surface area (Å²) < 4.78 is 11.3. The van der Waals surface area contributed by atoms with Crippen molar-refractivity contribution in [1.29, 1.82) is 0 Å². The second kappa shape index (κ2) is 13.1. The van der Waals surface area contributed by atoms with Gasteiger partial charge in [0.2, 0.25) is 0 Å². The van der Waals surface area contributed by atoms with E-state index in [1.165, 1.54) is 5.01 Å². The average molecular weight is 647 g/mol. The molecule has 1 aliphatic carbocycles. The number of amides is 3. The Morgan fingerprint density at radius 3 is 2.21 bits per heavy atom. The molecule has 4 aliphatic rings. The molecule has 0 aromatic heterocycles. The summed E-state index contributed by atoms with van der Waals surface area (Å²) >= 11 is 0. The number of rotatable bonds is 9. The van der Waals surface area contributed by atoms with E-state index < -0.39 is 23.9 Å². The average Bonchev–Trinajstić information content (AvgIpc) is 3.76. The first-order valence-electron chi connectivity index (χ1n) is 16.5. The Morgan fingerprint density at radius 1 is 0.875 bits per heavy atom. The Morgan fingerprint density at radius 2 is 1.54 bits per heavy atom. The van der Waals surface area contributed by atoms with E-state index in [0.717, 1.165) is 63.6 Å². The van der Waals surface area contributed by atoms with Crippen LogP contribution in [0.15, 0.2) is 93.8 Å². The molecule has 7 rings (SSSR count). The summed E-state index contributed by atoms with van der Waals surface area (Å²) in [5, 5.41) is 16.2. The molecule has 3 amide bonds. The molecular formula is C37H38N6O5. The monoisotopic (exact) mass is 646 g/mol. The van der Waals surface area contributed by atoms with Crippen molar-refractivity contribution in [1.82, 2.24) is 10.0 Å². The van der Waals surface area contributed by atoms with E-state index in [1.807, 2.05) is 81.4 Å². The SMILES string of the molecule is CCOc1ccc(C=C2CCCC3C2=NN(C(=O)CN2N=NC4C(=O)N(c5ccc(C)cc5)C(=O)C42)C3c2ccc(OCC)cc2)cc1. The lowest BCUT2D eigenvalue weighted by Gasteiger charge is -2.30. The number of imide groups is 1. The highest BCUT2D eigenvalue weighted by atomic mass is 16.5. The fourth-order valence-corrected chi connectivity index (χ4v) is 7.01. The number of ether oxygens (including phenoxy) is 2. The lowest BCUT2D eigenvalue weighted by molar-refractivity contribution is -0.136. The van der Waals surface area contributed by atoms with E-state index in [2.05, 4.69) is 16.4 Å². The highest BCUT2D eigenvalue weighted by Crippen LogP contribution is 2.45. The van der Waals surface area contributed by atoms with Gasteiger partial charge < -0.3 is 9.47 Å². The van der Waals surface area contributed by atoms with Crippen LogP contribution in [0.25, 0.3) is 6.08 Å². The normalized spacial score (nSPS) is 23.9. The molecule has 3 heterocycles. The van der Waals surface area contributed by atoms with Crippen molar-refractivity contribution < 1.29 is 23.9 Å². The van der Waals surface area contributed by atoms with Crippen molar-refractivity contribution in [3.8, 4) is 11.5 Å². The van der Waals surface area contributed by atoms with Gasteiger partial charge in [0.1, 0.15) is 18.0 Å². The van der Waals surface area contributed by atoms with Gasteiger partial charge in [0.05, 0.1) is 30.7 Å². The van der Waals surface area contributed by atoms with Gasteiger partial charge >= 0.3 is 0 Å². The van der Waals surface area contributed by atoms with Crippen LogP contribution in [0.2, 0.25) is 0 Å². The molecule has 48 heavy (non-hydrogen) atoms. The zero-order chi connectivity index (χ0) is 33.4. The molecule has 2 fully saturated rings. The van der Waals surface area contributed by atoms with Crippen molar-refractivity contribution in [2.45, 2.75) is 58.2 Å². The number of hydrogen-bond donors (Lipinski definition) is 0. The zero-order valence-electron chi connectivity index (χ0n) is 27.3. The third-order valence-electron chi connectivity index (χ3n) is 9.27. The minimum absolute atomic E-state index is 0.0192. The highest BCUT2D eigenvalue weighted by molar-refractivity contribution is 6.25. The first-order chi connectivity index (χ1) is 23.4. The number of anilines is 1. The van der Waals surface area contributed by atoms with Crippen LogP contribution in [0.1, 0.15) is 55.8 Å². The van der Waals surface area contributed by atoms with Crippen LogP contribution in [0, 0.1) is 12.8 Å². The number of carbonyl (C=O) groups is 3. The summed E-state index contributed by atoms with van der Waals surface area (Å²) in [6, 6.07) is 20.6. The van der Waals surface area contributed by atoms with Crippen molar-refractivity contribution in [2.75, 3.05) is 24.7 Å². The molecule has 1 saturated carbocycles. The molecule has 246 valence electrons. The lowest BCUT2D eigenvalue weighted by atomic mass is 9.77. The van der Waals surface area contributed by atoms with E-state index in [9.17, 15) is 14.4 Å². The molecule has 11 nitrogen and oxygen atoms in total. The van der Waals surface area contributed by atoms with Gasteiger partial charge in [-0.2, -0.15) is 10.2 Å². The van der Waals surface area contributed by atoms with Gasteiger partial charge in [0.15, 0.2) is 12.1 Å². The predicted molar refractivity (Wildman–Crippen MR) is 180 cm³/mol. The Balaban J connectivity index is 1.18. The number of nitrogens with zero attached hydrogens (tertiary/aromatic N) is 6. The largest absolute Gasteiger partial charge is 0.494 e. The molecule has 1 saturated heterocycles. The maximum Gasteiger partial charge on any atom is 0.264 e. The fourth-order valence-electron chi connectivity index (χ4n) is 7.01. The van der Waals surface area contributed by atoms with E-state index in [-0.39, 0.29) is 24.4 Å². The first kappa shape index (κ1) is 31.3. The van der Waals surface area contributed by atoms with Gasteiger partial charge in [0, 0.05) is 5.92 Å². The number of aryl methyl sites for hydroxylation is 1. The predicted octanol–water partition coefficient (Wildman–Crippen LogP) is 5.91. The van der Waals surface area contributed by atoms with Crippen molar-refractivity contribution >= 4 is 35.2 Å². The highest BCUT2D eigenvalue weighted by Gasteiger charge is 2.55. The zero-order valence-corrected chi connectivity index (χ0v) is 27.3. The Kier molecular flexibility index (Phi) is 8.51. The molecule has 0 N–H and O–H groups in total. The topological polar surface area (TPSA) is 116 Å². The molecule has 3 aromatic rings. The van der Waals surface area contributed by atoms with Crippen LogP contribution in [0.3, 0.4) is 0 Å². The summed E-state index contributed by atoms with van der Waals surface area (Å²) in [5.74, 6) is 0.327. The number of carbonyl (C=O) groups excluding carboxylic acids is 3. The maximum atomic E-state index is 14.2. The number of allylic oxidation sites excluding steroid dienone is 1. The number of hydrazone groups is 1. The van der Waals surface area contributed by atoms with Crippen LogP contribution >= 0.6 is 0 Å². The van der Waals surface area contributed by atoms with Crippen LogP contribution < -0.4 is 14.4 Å². The first-order valence-corrected chi connectivity index (χ1v) is 16.5. The number of fused-ring (bicyclic) bond motifs is 2. The van der Waals surface area contributed by atoms with Crippen molar-refractivity contribution in [2.24, 2.45) is 21.4 Å². The lowest BCUT2D eigenvalue weighted by Crippen LogP contribution is -2.45. The van der Waals surface area contributed by atoms with Crippen LogP contribution in [0.5, 0.6) is 11.5 Å². The Hall–Kier alpha value is -5.32. The molecule has 0 spiro atoms. The summed E-state index contributed by atoms with van der Waals surface area (Å²) in [4.78, 5) is 42.3. The second-order valence-corrected chi connectivity index (χ2v) is 12.4. The summed E-state index contributed by atoms with van der Waals surface area (Å²) in [6.45, 7) is 6.74. The summed E-state index contributed by atoms with van der Waals surface area (Å²) in [6.07, 6.45) is 4.81. The van der Waals surface area contributed by atoms with Crippen LogP contribution in [0.4, 0.5) is 5.69 Å². The molecular weight excluding hydrogens is 608 g/mol. The summed E-state index contributed by atoms with van der Waals surface area (Å²) in [7, 11) is 0. The summed E-state index contributed by atoms with van der Waals surface area (Å²) in [5.41, 5.74) is 5.44. The molecule has 3 aliphatic heterocycles. The Bertz CT molecular complexity index is 1800. The molecule has 0 bridgehead atoms. The molecule has 4 atom stereocenters. The van der Waals surface area contributed by atoms with Crippen LogP contribution in [-0.4, -0.2) is 65.3 Å². The van der Waals surface area contributed by atoms with Crippen molar-refractivity contribution in [3.05, 3.63) is 95.1 Å². The maximum absolute atomic E-state index is 14.2.